The van der Waals surface area contributed by atoms with Crippen molar-refractivity contribution in [1.82, 2.24) is 5.32 Å². The van der Waals surface area contributed by atoms with Gasteiger partial charge in [0.2, 0.25) is 0 Å². The van der Waals surface area contributed by atoms with Crippen LogP contribution in [0.5, 0.6) is 0 Å². The molecule has 0 aromatic heterocycles. The van der Waals surface area contributed by atoms with E-state index in [1.807, 2.05) is 0 Å². The van der Waals surface area contributed by atoms with E-state index in [0.29, 0.717) is 6.54 Å². The number of benzene rings is 2. The standard InChI is InChI=1S/C16H15F2NO2/c1-10(14-8-13(17)6-7-15(14)18)19-9-11-2-4-12(5-3-11)16(20)21/h2-8,10,19H,9H2,1H3,(H,20,21). The molecule has 0 heterocycles. The fourth-order valence-corrected chi connectivity index (χ4v) is 1.99. The van der Waals surface area contributed by atoms with Crippen molar-refractivity contribution < 1.29 is 18.7 Å². The van der Waals surface area contributed by atoms with Gasteiger partial charge in [0.15, 0.2) is 0 Å². The second-order valence-corrected chi connectivity index (χ2v) is 4.77. The maximum Gasteiger partial charge on any atom is 0.335 e. The fourth-order valence-electron chi connectivity index (χ4n) is 1.99. The molecule has 2 rings (SSSR count). The van der Waals surface area contributed by atoms with E-state index < -0.39 is 17.6 Å². The molecule has 0 fully saturated rings. The summed E-state index contributed by atoms with van der Waals surface area (Å²) in [4.78, 5) is 10.7. The molecule has 0 saturated heterocycles. The SMILES string of the molecule is CC(NCc1ccc(C(=O)O)cc1)c1cc(F)ccc1F. The second kappa shape index (κ2) is 6.45. The summed E-state index contributed by atoms with van der Waals surface area (Å²) in [5.74, 6) is -1.92. The Morgan fingerprint density at radius 1 is 1.19 bits per heavy atom. The lowest BCUT2D eigenvalue weighted by molar-refractivity contribution is 0.0697. The lowest BCUT2D eigenvalue weighted by Crippen LogP contribution is -2.19. The quantitative estimate of drug-likeness (QED) is 0.886. The summed E-state index contributed by atoms with van der Waals surface area (Å²) in [6.07, 6.45) is 0. The number of halogens is 2. The number of aromatic carboxylic acids is 1. The molecule has 2 N–H and O–H groups in total. The maximum atomic E-state index is 13.6. The molecule has 0 aliphatic rings. The number of hydrogen-bond acceptors (Lipinski definition) is 2. The molecule has 0 aliphatic carbocycles. The van der Waals surface area contributed by atoms with E-state index in [1.165, 1.54) is 18.2 Å². The molecule has 1 atom stereocenters. The highest BCUT2D eigenvalue weighted by Crippen LogP contribution is 2.18. The Bertz CT molecular complexity index is 641. The Kier molecular flexibility index (Phi) is 4.65. The van der Waals surface area contributed by atoms with Crippen molar-refractivity contribution in [3.8, 4) is 0 Å². The number of nitrogens with one attached hydrogen (secondary N) is 1. The monoisotopic (exact) mass is 291 g/mol. The first-order chi connectivity index (χ1) is 9.97. The molecular formula is C16H15F2NO2. The first kappa shape index (κ1) is 15.1. The largest absolute Gasteiger partial charge is 0.478 e. The van der Waals surface area contributed by atoms with Gasteiger partial charge in [-0.3, -0.25) is 0 Å². The van der Waals surface area contributed by atoms with Gasteiger partial charge in [0.25, 0.3) is 0 Å². The zero-order valence-electron chi connectivity index (χ0n) is 11.4. The highest BCUT2D eigenvalue weighted by molar-refractivity contribution is 5.87. The normalized spacial score (nSPS) is 12.1. The molecule has 0 aliphatic heterocycles. The Hall–Kier alpha value is -2.27. The van der Waals surface area contributed by atoms with Crippen LogP contribution in [0.25, 0.3) is 0 Å². The molecular weight excluding hydrogens is 276 g/mol. The third-order valence-corrected chi connectivity index (χ3v) is 3.24. The van der Waals surface area contributed by atoms with Crippen molar-refractivity contribution in [3.63, 3.8) is 0 Å². The van der Waals surface area contributed by atoms with E-state index in [2.05, 4.69) is 5.32 Å². The molecule has 21 heavy (non-hydrogen) atoms. The summed E-state index contributed by atoms with van der Waals surface area (Å²) in [5.41, 5.74) is 1.34. The zero-order chi connectivity index (χ0) is 15.4. The van der Waals surface area contributed by atoms with Crippen LogP contribution >= 0.6 is 0 Å². The lowest BCUT2D eigenvalue weighted by Gasteiger charge is -2.15. The van der Waals surface area contributed by atoms with E-state index in [0.717, 1.165) is 17.7 Å². The highest BCUT2D eigenvalue weighted by atomic mass is 19.1. The first-order valence-corrected chi connectivity index (χ1v) is 6.48. The minimum absolute atomic E-state index is 0.211. The summed E-state index contributed by atoms with van der Waals surface area (Å²) < 4.78 is 26.8. The first-order valence-electron chi connectivity index (χ1n) is 6.48. The van der Waals surface area contributed by atoms with Crippen LogP contribution < -0.4 is 5.32 Å². The van der Waals surface area contributed by atoms with Gasteiger partial charge in [-0.25, -0.2) is 13.6 Å². The second-order valence-electron chi connectivity index (χ2n) is 4.77. The lowest BCUT2D eigenvalue weighted by atomic mass is 10.1. The van der Waals surface area contributed by atoms with Crippen molar-refractivity contribution in [2.24, 2.45) is 0 Å². The van der Waals surface area contributed by atoms with Gasteiger partial charge >= 0.3 is 5.97 Å². The summed E-state index contributed by atoms with van der Waals surface area (Å²) >= 11 is 0. The van der Waals surface area contributed by atoms with Crippen LogP contribution in [-0.2, 0) is 6.54 Å². The minimum atomic E-state index is -0.982. The van der Waals surface area contributed by atoms with Gasteiger partial charge in [0, 0.05) is 18.2 Å². The minimum Gasteiger partial charge on any atom is -0.478 e. The van der Waals surface area contributed by atoms with Crippen molar-refractivity contribution >= 4 is 5.97 Å². The highest BCUT2D eigenvalue weighted by Gasteiger charge is 2.11. The van der Waals surface area contributed by atoms with Crippen LogP contribution in [-0.4, -0.2) is 11.1 Å². The molecule has 110 valence electrons. The molecule has 5 heteroatoms. The van der Waals surface area contributed by atoms with Crippen LogP contribution in [0.4, 0.5) is 8.78 Å². The molecule has 3 nitrogen and oxygen atoms in total. The van der Waals surface area contributed by atoms with Crippen LogP contribution in [0.1, 0.15) is 34.5 Å². The number of rotatable bonds is 5. The van der Waals surface area contributed by atoms with Crippen molar-refractivity contribution in [2.45, 2.75) is 19.5 Å². The summed E-state index contributed by atoms with van der Waals surface area (Å²) in [6, 6.07) is 9.37. The van der Waals surface area contributed by atoms with Crippen molar-refractivity contribution in [3.05, 3.63) is 70.8 Å². The smallest absolute Gasteiger partial charge is 0.335 e. The van der Waals surface area contributed by atoms with Gasteiger partial charge in [-0.05, 0) is 42.8 Å². The Morgan fingerprint density at radius 2 is 1.86 bits per heavy atom. The molecule has 0 spiro atoms. The van der Waals surface area contributed by atoms with E-state index in [-0.39, 0.29) is 17.2 Å². The zero-order valence-corrected chi connectivity index (χ0v) is 11.4. The number of carboxylic acids is 1. The summed E-state index contributed by atoms with van der Waals surface area (Å²) in [6.45, 7) is 2.17. The number of carboxylic acid groups (broad SMARTS) is 1. The van der Waals surface area contributed by atoms with Crippen LogP contribution in [0.15, 0.2) is 42.5 Å². The van der Waals surface area contributed by atoms with E-state index >= 15 is 0 Å². The van der Waals surface area contributed by atoms with Crippen molar-refractivity contribution in [2.75, 3.05) is 0 Å². The van der Waals surface area contributed by atoms with Gasteiger partial charge < -0.3 is 10.4 Å². The van der Waals surface area contributed by atoms with Gasteiger partial charge in [-0.1, -0.05) is 12.1 Å². The van der Waals surface area contributed by atoms with Crippen LogP contribution in [0.3, 0.4) is 0 Å². The molecule has 1 unspecified atom stereocenters. The maximum absolute atomic E-state index is 13.6. The summed E-state index contributed by atoms with van der Waals surface area (Å²) in [5, 5.41) is 11.9. The Labute approximate surface area is 121 Å². The van der Waals surface area contributed by atoms with E-state index in [9.17, 15) is 13.6 Å². The molecule has 0 bridgehead atoms. The third-order valence-electron chi connectivity index (χ3n) is 3.24. The van der Waals surface area contributed by atoms with Gasteiger partial charge in [0.05, 0.1) is 5.56 Å². The predicted octanol–water partition coefficient (Wildman–Crippen LogP) is 3.51. The topological polar surface area (TPSA) is 49.3 Å². The molecule has 2 aromatic rings. The van der Waals surface area contributed by atoms with Crippen molar-refractivity contribution in [1.29, 1.82) is 0 Å². The Morgan fingerprint density at radius 3 is 2.48 bits per heavy atom. The van der Waals surface area contributed by atoms with E-state index in [1.54, 1.807) is 19.1 Å². The average molecular weight is 291 g/mol. The van der Waals surface area contributed by atoms with Gasteiger partial charge in [-0.15, -0.1) is 0 Å². The molecule has 0 radical (unpaired) electrons. The average Bonchev–Trinajstić information content (AvgIpc) is 2.47. The van der Waals surface area contributed by atoms with Crippen LogP contribution in [0.2, 0.25) is 0 Å². The van der Waals surface area contributed by atoms with E-state index in [4.69, 9.17) is 5.11 Å². The van der Waals surface area contributed by atoms with Crippen LogP contribution in [0, 0.1) is 11.6 Å². The fraction of sp³-hybridized carbons (Fsp3) is 0.188. The van der Waals surface area contributed by atoms with Gasteiger partial charge in [0.1, 0.15) is 11.6 Å². The number of hydrogen-bond donors (Lipinski definition) is 2. The molecule has 2 aromatic carbocycles. The molecule has 0 saturated carbocycles. The molecule has 0 amide bonds. The Balaban J connectivity index is 2.02. The summed E-state index contributed by atoms with van der Waals surface area (Å²) in [7, 11) is 0. The third kappa shape index (κ3) is 3.86. The van der Waals surface area contributed by atoms with Gasteiger partial charge in [-0.2, -0.15) is 0 Å². The predicted molar refractivity (Wildman–Crippen MR) is 75.0 cm³/mol. The number of carbonyl (C=O) groups is 1.